The first-order chi connectivity index (χ1) is 17.6. The number of anilines is 1. The number of hydrogen-bond donors (Lipinski definition) is 2. The van der Waals surface area contributed by atoms with E-state index in [1.165, 1.54) is 12.1 Å². The fourth-order valence-electron chi connectivity index (χ4n) is 4.21. The van der Waals surface area contributed by atoms with E-state index in [1.807, 2.05) is 39.3 Å². The lowest BCUT2D eigenvalue weighted by Crippen LogP contribution is -2.45. The first-order valence-corrected chi connectivity index (χ1v) is 14.3. The monoisotopic (exact) mass is 586 g/mol. The number of aromatic nitrogens is 3. The molecule has 1 aliphatic heterocycles. The molecule has 1 atom stereocenters. The molecule has 0 radical (unpaired) electrons. The van der Waals surface area contributed by atoms with Crippen molar-refractivity contribution in [3.05, 3.63) is 40.4 Å². The van der Waals surface area contributed by atoms with E-state index < -0.39 is 21.5 Å². The van der Waals surface area contributed by atoms with Gasteiger partial charge in [0, 0.05) is 24.8 Å². The number of nitrogens with zero attached hydrogens (tertiary/aromatic N) is 4. The van der Waals surface area contributed by atoms with Gasteiger partial charge in [0.25, 0.3) is 15.9 Å². The number of halogens is 2. The first-order valence-electron chi connectivity index (χ1n) is 12.0. The SMILES string of the molecule is CC(C)(C)OC(=O)N1C[C@@H](CCCNc2cccc(S(=O)(=O)NC(=O)c3cnc(Cl)nc3Cl)n2)CC1(C)C. The minimum absolute atomic E-state index is 0.174. The standard InChI is InChI=1S/C24H32Cl2N6O5S/c1-23(2,3)37-22(34)32-14-15(12-24(32,4)5)8-7-11-27-17-9-6-10-18(29-17)38(35,36)31-20(33)16-13-28-21(26)30-19(16)25/h6,9-10,13,15H,7-8,11-12,14H2,1-5H3,(H,27,29)(H,31,33)/t15-/m0/s1. The third kappa shape index (κ3) is 7.90. The zero-order chi connectivity index (χ0) is 28.3. The molecule has 0 unspecified atom stereocenters. The van der Waals surface area contributed by atoms with Gasteiger partial charge in [-0.2, -0.15) is 8.42 Å². The number of hydrogen-bond acceptors (Lipinski definition) is 9. The van der Waals surface area contributed by atoms with E-state index in [4.69, 9.17) is 27.9 Å². The minimum Gasteiger partial charge on any atom is -0.444 e. The van der Waals surface area contributed by atoms with Crippen LogP contribution in [0.3, 0.4) is 0 Å². The maximum Gasteiger partial charge on any atom is 0.410 e. The molecule has 0 spiro atoms. The molecule has 2 aromatic heterocycles. The van der Waals surface area contributed by atoms with Crippen LogP contribution in [0.5, 0.6) is 0 Å². The number of amides is 2. The van der Waals surface area contributed by atoms with Gasteiger partial charge in [0.2, 0.25) is 5.28 Å². The molecule has 14 heteroatoms. The highest BCUT2D eigenvalue weighted by molar-refractivity contribution is 7.90. The van der Waals surface area contributed by atoms with E-state index >= 15 is 0 Å². The van der Waals surface area contributed by atoms with Gasteiger partial charge >= 0.3 is 6.09 Å². The number of likely N-dealkylation sites (tertiary alicyclic amines) is 1. The summed E-state index contributed by atoms with van der Waals surface area (Å²) in [6.07, 6.45) is 3.25. The van der Waals surface area contributed by atoms with Gasteiger partial charge in [-0.25, -0.2) is 24.5 Å². The number of nitrogens with one attached hydrogen (secondary N) is 2. The summed E-state index contributed by atoms with van der Waals surface area (Å²) in [6.45, 7) is 10.8. The van der Waals surface area contributed by atoms with Crippen LogP contribution in [0.25, 0.3) is 0 Å². The summed E-state index contributed by atoms with van der Waals surface area (Å²) in [6, 6.07) is 4.42. The summed E-state index contributed by atoms with van der Waals surface area (Å²) in [5.74, 6) is -0.347. The fourth-order valence-corrected chi connectivity index (χ4v) is 5.54. The number of pyridine rings is 1. The largest absolute Gasteiger partial charge is 0.444 e. The lowest BCUT2D eigenvalue weighted by molar-refractivity contribution is 0.0130. The summed E-state index contributed by atoms with van der Waals surface area (Å²) < 4.78 is 32.9. The van der Waals surface area contributed by atoms with Crippen molar-refractivity contribution in [2.24, 2.45) is 5.92 Å². The second-order valence-corrected chi connectivity index (χ2v) is 13.0. The second-order valence-electron chi connectivity index (χ2n) is 10.7. The van der Waals surface area contributed by atoms with Crippen LogP contribution in [-0.4, -0.2) is 64.5 Å². The Labute approximate surface area is 232 Å². The van der Waals surface area contributed by atoms with Crippen LogP contribution < -0.4 is 10.0 Å². The molecule has 3 rings (SSSR count). The molecular formula is C24H32Cl2N6O5S. The highest BCUT2D eigenvalue weighted by atomic mass is 35.5. The van der Waals surface area contributed by atoms with Gasteiger partial charge in [-0.1, -0.05) is 17.7 Å². The van der Waals surface area contributed by atoms with Crippen LogP contribution in [0.15, 0.2) is 29.4 Å². The smallest absolute Gasteiger partial charge is 0.410 e. The molecular weight excluding hydrogens is 555 g/mol. The molecule has 0 aromatic carbocycles. The summed E-state index contributed by atoms with van der Waals surface area (Å²) >= 11 is 11.5. The molecule has 1 saturated heterocycles. The van der Waals surface area contributed by atoms with Crippen LogP contribution >= 0.6 is 23.2 Å². The van der Waals surface area contributed by atoms with Gasteiger partial charge in [-0.15, -0.1) is 0 Å². The van der Waals surface area contributed by atoms with Gasteiger partial charge in [-0.05, 0) is 83.5 Å². The molecule has 3 heterocycles. The van der Waals surface area contributed by atoms with Crippen molar-refractivity contribution in [1.29, 1.82) is 0 Å². The maximum absolute atomic E-state index is 12.7. The van der Waals surface area contributed by atoms with E-state index in [0.717, 1.165) is 25.5 Å². The molecule has 0 aliphatic carbocycles. The topological polar surface area (TPSA) is 143 Å². The lowest BCUT2D eigenvalue weighted by atomic mass is 9.93. The second kappa shape index (κ2) is 11.6. The first kappa shape index (κ1) is 29.9. The zero-order valence-electron chi connectivity index (χ0n) is 21.9. The highest BCUT2D eigenvalue weighted by Crippen LogP contribution is 2.36. The van der Waals surface area contributed by atoms with Crippen molar-refractivity contribution >= 4 is 51.0 Å². The number of rotatable bonds is 8. The van der Waals surface area contributed by atoms with E-state index in [2.05, 4.69) is 20.3 Å². The zero-order valence-corrected chi connectivity index (χ0v) is 24.2. The molecule has 2 N–H and O–H groups in total. The van der Waals surface area contributed by atoms with E-state index in [0.29, 0.717) is 24.8 Å². The fraction of sp³-hybridized carbons (Fsp3) is 0.542. The Morgan fingerprint density at radius 3 is 2.58 bits per heavy atom. The van der Waals surface area contributed by atoms with Crippen molar-refractivity contribution in [1.82, 2.24) is 24.6 Å². The Balaban J connectivity index is 1.53. The molecule has 1 fully saturated rings. The van der Waals surface area contributed by atoms with Crippen molar-refractivity contribution in [3.8, 4) is 0 Å². The molecule has 38 heavy (non-hydrogen) atoms. The molecule has 0 bridgehead atoms. The van der Waals surface area contributed by atoms with Gasteiger partial charge in [0.1, 0.15) is 16.6 Å². The predicted molar refractivity (Wildman–Crippen MR) is 144 cm³/mol. The van der Waals surface area contributed by atoms with Crippen LogP contribution in [0.1, 0.15) is 64.2 Å². The summed E-state index contributed by atoms with van der Waals surface area (Å²) in [4.78, 5) is 38.2. The number of sulfonamides is 1. The molecule has 2 aromatic rings. The van der Waals surface area contributed by atoms with Gasteiger partial charge in [0.05, 0.1) is 5.56 Å². The Bertz CT molecular complexity index is 1300. The van der Waals surface area contributed by atoms with E-state index in [-0.39, 0.29) is 32.7 Å². The van der Waals surface area contributed by atoms with E-state index in [1.54, 1.807) is 11.0 Å². The van der Waals surface area contributed by atoms with Crippen LogP contribution in [0.2, 0.25) is 10.4 Å². The maximum atomic E-state index is 12.7. The van der Waals surface area contributed by atoms with Crippen molar-refractivity contribution in [3.63, 3.8) is 0 Å². The summed E-state index contributed by atoms with van der Waals surface area (Å²) in [5.41, 5.74) is -1.09. The predicted octanol–water partition coefficient (Wildman–Crippen LogP) is 4.52. The molecule has 208 valence electrons. The van der Waals surface area contributed by atoms with Gasteiger partial charge in [-0.3, -0.25) is 4.79 Å². The third-order valence-corrected chi connectivity index (χ3v) is 7.55. The Kier molecular flexibility index (Phi) is 9.10. The van der Waals surface area contributed by atoms with Gasteiger partial charge in [0.15, 0.2) is 5.03 Å². The average Bonchev–Trinajstić information content (AvgIpc) is 3.09. The number of carbonyl (C=O) groups excluding carboxylic acids is 2. The average molecular weight is 588 g/mol. The van der Waals surface area contributed by atoms with Crippen molar-refractivity contribution < 1.29 is 22.7 Å². The molecule has 1 aliphatic rings. The third-order valence-electron chi connectivity index (χ3n) is 5.85. The Morgan fingerprint density at radius 1 is 1.21 bits per heavy atom. The summed E-state index contributed by atoms with van der Waals surface area (Å²) in [7, 11) is -4.29. The lowest BCUT2D eigenvalue weighted by Gasteiger charge is -2.33. The number of ether oxygens (including phenoxy) is 1. The quantitative estimate of drug-likeness (QED) is 0.259. The van der Waals surface area contributed by atoms with Crippen LogP contribution in [-0.2, 0) is 14.8 Å². The normalized spacial score (nSPS) is 17.2. The molecule has 2 amide bonds. The van der Waals surface area contributed by atoms with Crippen molar-refractivity contribution in [2.45, 2.75) is 70.0 Å². The highest BCUT2D eigenvalue weighted by Gasteiger charge is 2.42. The van der Waals surface area contributed by atoms with Gasteiger partial charge < -0.3 is 15.0 Å². The van der Waals surface area contributed by atoms with Crippen molar-refractivity contribution in [2.75, 3.05) is 18.4 Å². The van der Waals surface area contributed by atoms with E-state index in [9.17, 15) is 18.0 Å². The Morgan fingerprint density at radius 2 is 1.92 bits per heavy atom. The molecule has 11 nitrogen and oxygen atoms in total. The summed E-state index contributed by atoms with van der Waals surface area (Å²) in [5, 5.41) is 2.33. The number of carbonyl (C=O) groups is 2. The van der Waals surface area contributed by atoms with Crippen LogP contribution in [0, 0.1) is 5.92 Å². The minimum atomic E-state index is -4.29. The van der Waals surface area contributed by atoms with Crippen LogP contribution in [0.4, 0.5) is 10.6 Å². The molecule has 0 saturated carbocycles. The Hall–Kier alpha value is -2.70.